The molecule has 7 rings (SSSR count). The maximum atomic E-state index is 13.4. The first-order valence-electron chi connectivity index (χ1n) is 13.8. The lowest BCUT2D eigenvalue weighted by Gasteiger charge is -2.56. The number of aryl methyl sites for hydroxylation is 1. The van der Waals surface area contributed by atoms with Gasteiger partial charge in [0.1, 0.15) is 0 Å². The van der Waals surface area contributed by atoms with Crippen LogP contribution in [-0.2, 0) is 4.79 Å². The third kappa shape index (κ3) is 4.90. The third-order valence-electron chi connectivity index (χ3n) is 8.85. The van der Waals surface area contributed by atoms with E-state index in [1.165, 1.54) is 38.5 Å². The zero-order valence-electron chi connectivity index (χ0n) is 21.8. The number of carbonyl (C=O) groups excluding carboxylic acids is 3. The number of nitrogens with one attached hydrogen (secondary N) is 2. The van der Waals surface area contributed by atoms with Gasteiger partial charge in [-0.2, -0.15) is 0 Å². The van der Waals surface area contributed by atoms with Gasteiger partial charge in [-0.3, -0.25) is 14.4 Å². The minimum Gasteiger partial charge on any atom is -0.325 e. The van der Waals surface area contributed by atoms with E-state index in [0.29, 0.717) is 34.5 Å². The van der Waals surface area contributed by atoms with Crippen LogP contribution in [-0.4, -0.2) is 17.6 Å². The summed E-state index contributed by atoms with van der Waals surface area (Å²) in [6, 6.07) is 21.6. The largest absolute Gasteiger partial charge is 0.325 e. The molecule has 0 spiro atoms. The highest BCUT2D eigenvalue weighted by Gasteiger charge is 2.51. The van der Waals surface area contributed by atoms with Crippen LogP contribution < -0.4 is 10.6 Å². The van der Waals surface area contributed by atoms with Gasteiger partial charge in [-0.25, -0.2) is 0 Å². The van der Waals surface area contributed by atoms with Crippen LogP contribution in [0.1, 0.15) is 76.8 Å². The summed E-state index contributed by atoms with van der Waals surface area (Å²) in [5, 5.41) is 5.99. The van der Waals surface area contributed by atoms with Crippen molar-refractivity contribution >= 4 is 29.0 Å². The minimum atomic E-state index is -0.360. The summed E-state index contributed by atoms with van der Waals surface area (Å²) in [4.78, 5) is 40.0. The molecular formula is C33H34N2O3. The molecule has 5 heteroatoms. The van der Waals surface area contributed by atoms with E-state index in [9.17, 15) is 14.4 Å². The molecule has 38 heavy (non-hydrogen) atoms. The van der Waals surface area contributed by atoms with E-state index in [1.54, 1.807) is 42.5 Å². The summed E-state index contributed by atoms with van der Waals surface area (Å²) >= 11 is 0. The van der Waals surface area contributed by atoms with Crippen LogP contribution in [0.3, 0.4) is 0 Å². The smallest absolute Gasteiger partial charge is 0.257 e. The standard InChI is InChI=1S/C33H34N2O3/c1-21-11-12-29(27(13-21)31(37)25-7-3-2-4-8-25)35-32(38)26-9-5-6-10-28(26)34-30(36)20-33-17-22-14-23(18-33)16-24(15-22)19-33/h2-13,22-24H,14-20H2,1H3,(H,34,36)(H,35,38). The second kappa shape index (κ2) is 9.86. The van der Waals surface area contributed by atoms with Crippen molar-refractivity contribution in [2.45, 2.75) is 51.9 Å². The van der Waals surface area contributed by atoms with Crippen molar-refractivity contribution in [3.05, 3.63) is 95.1 Å². The first kappa shape index (κ1) is 24.6. The van der Waals surface area contributed by atoms with Crippen LogP contribution in [0.25, 0.3) is 0 Å². The molecule has 2 amide bonds. The average Bonchev–Trinajstić information content (AvgIpc) is 2.89. The van der Waals surface area contributed by atoms with Gasteiger partial charge in [0.15, 0.2) is 5.78 Å². The Bertz CT molecular complexity index is 1360. The number of hydrogen-bond acceptors (Lipinski definition) is 3. The molecule has 0 aromatic heterocycles. The predicted molar refractivity (Wildman–Crippen MR) is 149 cm³/mol. The number of ketones is 1. The zero-order valence-corrected chi connectivity index (χ0v) is 21.8. The van der Waals surface area contributed by atoms with E-state index < -0.39 is 0 Å². The van der Waals surface area contributed by atoms with Crippen molar-refractivity contribution in [1.29, 1.82) is 0 Å². The molecule has 3 aromatic carbocycles. The number of hydrogen-bond donors (Lipinski definition) is 2. The normalized spacial score (nSPS) is 25.1. The molecule has 2 N–H and O–H groups in total. The van der Waals surface area contributed by atoms with E-state index >= 15 is 0 Å². The number of benzene rings is 3. The lowest BCUT2D eigenvalue weighted by molar-refractivity contribution is -0.124. The van der Waals surface area contributed by atoms with E-state index in [-0.39, 0.29) is 23.0 Å². The van der Waals surface area contributed by atoms with E-state index in [4.69, 9.17) is 0 Å². The predicted octanol–water partition coefficient (Wildman–Crippen LogP) is 7.02. The summed E-state index contributed by atoms with van der Waals surface area (Å²) in [6.45, 7) is 1.92. The summed E-state index contributed by atoms with van der Waals surface area (Å²) in [6.07, 6.45) is 8.06. The van der Waals surface area contributed by atoms with Crippen LogP contribution in [0.15, 0.2) is 72.8 Å². The maximum Gasteiger partial charge on any atom is 0.257 e. The van der Waals surface area contributed by atoms with Crippen molar-refractivity contribution < 1.29 is 14.4 Å². The fourth-order valence-corrected chi connectivity index (χ4v) is 7.72. The Morgan fingerprint density at radius 3 is 2.03 bits per heavy atom. The first-order chi connectivity index (χ1) is 18.4. The van der Waals surface area contributed by atoms with Gasteiger partial charge in [0.2, 0.25) is 5.91 Å². The minimum absolute atomic E-state index is 0.0116. The van der Waals surface area contributed by atoms with Crippen LogP contribution in [0.5, 0.6) is 0 Å². The van der Waals surface area contributed by atoms with Gasteiger partial charge in [0, 0.05) is 17.5 Å². The third-order valence-corrected chi connectivity index (χ3v) is 8.85. The highest BCUT2D eigenvalue weighted by atomic mass is 16.2. The molecule has 4 aliphatic carbocycles. The molecule has 0 radical (unpaired) electrons. The summed E-state index contributed by atoms with van der Waals surface area (Å²) in [7, 11) is 0. The number of amides is 2. The molecular weight excluding hydrogens is 472 g/mol. The molecule has 4 fully saturated rings. The fraction of sp³-hybridized carbons (Fsp3) is 0.364. The van der Waals surface area contributed by atoms with Crippen LogP contribution in [0.2, 0.25) is 0 Å². The van der Waals surface area contributed by atoms with Gasteiger partial charge in [0.05, 0.1) is 16.9 Å². The first-order valence-corrected chi connectivity index (χ1v) is 13.8. The Morgan fingerprint density at radius 2 is 1.34 bits per heavy atom. The lowest BCUT2D eigenvalue weighted by Crippen LogP contribution is -2.47. The molecule has 0 heterocycles. The second-order valence-corrected chi connectivity index (χ2v) is 11.9. The van der Waals surface area contributed by atoms with Crippen LogP contribution in [0, 0.1) is 30.1 Å². The van der Waals surface area contributed by atoms with Crippen molar-refractivity contribution in [3.8, 4) is 0 Å². The van der Waals surface area contributed by atoms with Crippen LogP contribution in [0.4, 0.5) is 11.4 Å². The van der Waals surface area contributed by atoms with Gasteiger partial charge < -0.3 is 10.6 Å². The molecule has 3 aromatic rings. The van der Waals surface area contributed by atoms with Crippen LogP contribution >= 0.6 is 0 Å². The van der Waals surface area contributed by atoms with Gasteiger partial charge in [-0.05, 0) is 92.9 Å². The van der Waals surface area contributed by atoms with Gasteiger partial charge in [0.25, 0.3) is 5.91 Å². The Hall–Kier alpha value is -3.73. The molecule has 4 saturated carbocycles. The summed E-state index contributed by atoms with van der Waals surface area (Å²) in [5.41, 5.74) is 3.39. The van der Waals surface area contributed by atoms with Gasteiger partial charge >= 0.3 is 0 Å². The lowest BCUT2D eigenvalue weighted by atomic mass is 9.49. The summed E-state index contributed by atoms with van der Waals surface area (Å²) < 4.78 is 0. The summed E-state index contributed by atoms with van der Waals surface area (Å²) in [5.74, 6) is 1.84. The fourth-order valence-electron chi connectivity index (χ4n) is 7.72. The highest BCUT2D eigenvalue weighted by Crippen LogP contribution is 2.61. The quantitative estimate of drug-likeness (QED) is 0.338. The van der Waals surface area contributed by atoms with Crippen molar-refractivity contribution in [2.75, 3.05) is 10.6 Å². The number of para-hydroxylation sites is 1. The van der Waals surface area contributed by atoms with Gasteiger partial charge in [-0.1, -0.05) is 54.1 Å². The molecule has 0 aliphatic heterocycles. The number of carbonyl (C=O) groups is 3. The van der Waals surface area contributed by atoms with E-state index in [0.717, 1.165) is 23.3 Å². The van der Waals surface area contributed by atoms with Crippen molar-refractivity contribution in [3.63, 3.8) is 0 Å². The van der Waals surface area contributed by atoms with Gasteiger partial charge in [-0.15, -0.1) is 0 Å². The monoisotopic (exact) mass is 506 g/mol. The molecule has 0 unspecified atom stereocenters. The Kier molecular flexibility index (Phi) is 6.38. The SMILES string of the molecule is Cc1ccc(NC(=O)c2ccccc2NC(=O)CC23CC4CC(CC(C4)C2)C3)c(C(=O)c2ccccc2)c1. The second-order valence-electron chi connectivity index (χ2n) is 11.9. The zero-order chi connectivity index (χ0) is 26.3. The molecule has 5 nitrogen and oxygen atoms in total. The molecule has 0 saturated heterocycles. The Balaban J connectivity index is 1.19. The number of rotatable bonds is 7. The van der Waals surface area contributed by atoms with Crippen molar-refractivity contribution in [2.24, 2.45) is 23.2 Å². The molecule has 194 valence electrons. The van der Waals surface area contributed by atoms with Crippen molar-refractivity contribution in [1.82, 2.24) is 0 Å². The average molecular weight is 507 g/mol. The van der Waals surface area contributed by atoms with E-state index in [2.05, 4.69) is 10.6 Å². The maximum absolute atomic E-state index is 13.4. The molecule has 0 atom stereocenters. The highest BCUT2D eigenvalue weighted by molar-refractivity contribution is 6.16. The topological polar surface area (TPSA) is 75.3 Å². The molecule has 4 bridgehead atoms. The molecule has 4 aliphatic rings. The van der Waals surface area contributed by atoms with E-state index in [1.807, 2.05) is 37.3 Å². The number of anilines is 2. The Morgan fingerprint density at radius 1 is 0.737 bits per heavy atom. The Labute approximate surface area is 224 Å².